The van der Waals surface area contributed by atoms with E-state index in [1.807, 2.05) is 6.92 Å². The van der Waals surface area contributed by atoms with Gasteiger partial charge < -0.3 is 26.4 Å². The van der Waals surface area contributed by atoms with Gasteiger partial charge in [-0.3, -0.25) is 4.79 Å². The Morgan fingerprint density at radius 3 is 2.37 bits per heavy atom. The van der Waals surface area contributed by atoms with Crippen LogP contribution in [0.4, 0.5) is 17.8 Å². The van der Waals surface area contributed by atoms with Crippen LogP contribution >= 0.6 is 0 Å². The van der Waals surface area contributed by atoms with Gasteiger partial charge in [0.05, 0.1) is 6.54 Å². The van der Waals surface area contributed by atoms with Gasteiger partial charge in [0.1, 0.15) is 6.10 Å². The van der Waals surface area contributed by atoms with E-state index >= 15 is 0 Å². The summed E-state index contributed by atoms with van der Waals surface area (Å²) >= 11 is 0. The van der Waals surface area contributed by atoms with Crippen LogP contribution in [0.1, 0.15) is 6.92 Å². The molecule has 0 fully saturated rings. The summed E-state index contributed by atoms with van der Waals surface area (Å²) < 4.78 is 0. The fraction of sp³-hybridized carbons (Fsp3) is 0.600. The van der Waals surface area contributed by atoms with Crippen LogP contribution in [0.3, 0.4) is 0 Å². The summed E-state index contributed by atoms with van der Waals surface area (Å²) in [5, 5.41) is 15.0. The van der Waals surface area contributed by atoms with E-state index in [9.17, 15) is 9.90 Å². The Bertz CT molecular complexity index is 438. The molecule has 106 valence electrons. The number of aliphatic hydroxyl groups is 1. The van der Waals surface area contributed by atoms with Gasteiger partial charge in [-0.15, -0.1) is 0 Å². The zero-order valence-corrected chi connectivity index (χ0v) is 11.2. The average molecular weight is 269 g/mol. The highest BCUT2D eigenvalue weighted by Gasteiger charge is 2.12. The lowest BCUT2D eigenvalue weighted by Gasteiger charge is -2.14. The number of hydrogen-bond donors (Lipinski definition) is 4. The molecule has 0 aliphatic rings. The number of nitrogens with one attached hydrogen (secondary N) is 2. The molecule has 0 spiro atoms. The molecule has 0 aliphatic heterocycles. The van der Waals surface area contributed by atoms with E-state index in [2.05, 4.69) is 25.6 Å². The van der Waals surface area contributed by atoms with E-state index in [-0.39, 0.29) is 12.5 Å². The lowest BCUT2D eigenvalue weighted by atomic mass is 10.3. The highest BCUT2D eigenvalue weighted by Crippen LogP contribution is 2.11. The Balaban J connectivity index is 2.84. The number of aliphatic hydroxyl groups excluding tert-OH is 1. The Hall–Kier alpha value is -2.16. The number of carbonyl (C=O) groups is 1. The maximum absolute atomic E-state index is 10.7. The number of aromatic nitrogens is 3. The summed E-state index contributed by atoms with van der Waals surface area (Å²) in [6, 6.07) is 0. The van der Waals surface area contributed by atoms with Gasteiger partial charge in [0.2, 0.25) is 23.8 Å². The molecule has 1 atom stereocenters. The van der Waals surface area contributed by atoms with E-state index in [1.165, 1.54) is 0 Å². The predicted molar refractivity (Wildman–Crippen MR) is 72.0 cm³/mol. The van der Waals surface area contributed by atoms with Crippen LogP contribution in [0.5, 0.6) is 0 Å². The Morgan fingerprint density at radius 2 is 1.89 bits per heavy atom. The van der Waals surface area contributed by atoms with Gasteiger partial charge in [-0.05, 0) is 6.92 Å². The SMILES string of the molecule is CCNc1nc(NCC(O)C(N)=O)nc(N(C)C)n1. The van der Waals surface area contributed by atoms with Crippen molar-refractivity contribution in [2.75, 3.05) is 42.7 Å². The average Bonchev–Trinajstić information content (AvgIpc) is 2.35. The van der Waals surface area contributed by atoms with Crippen molar-refractivity contribution in [1.82, 2.24) is 15.0 Å². The number of anilines is 3. The van der Waals surface area contributed by atoms with Crippen molar-refractivity contribution in [3.05, 3.63) is 0 Å². The van der Waals surface area contributed by atoms with Crippen LogP contribution in [0.15, 0.2) is 0 Å². The maximum atomic E-state index is 10.7. The highest BCUT2D eigenvalue weighted by molar-refractivity contribution is 5.79. The minimum Gasteiger partial charge on any atom is -0.381 e. The second-order valence-corrected chi connectivity index (χ2v) is 4.01. The van der Waals surface area contributed by atoms with Crippen molar-refractivity contribution < 1.29 is 9.90 Å². The lowest BCUT2D eigenvalue weighted by molar-refractivity contribution is -0.125. The lowest BCUT2D eigenvalue weighted by Crippen LogP contribution is -2.34. The summed E-state index contributed by atoms with van der Waals surface area (Å²) in [6.45, 7) is 2.53. The number of nitrogens with two attached hydrogens (primary N) is 1. The molecule has 0 saturated carbocycles. The molecule has 0 aliphatic carbocycles. The normalized spacial score (nSPS) is 11.8. The predicted octanol–water partition coefficient (Wildman–Crippen LogP) is -1.37. The second-order valence-electron chi connectivity index (χ2n) is 4.01. The van der Waals surface area contributed by atoms with Gasteiger partial charge in [0, 0.05) is 20.6 Å². The van der Waals surface area contributed by atoms with Crippen LogP contribution in [0.2, 0.25) is 0 Å². The monoisotopic (exact) mass is 269 g/mol. The van der Waals surface area contributed by atoms with Gasteiger partial charge in [0.15, 0.2) is 0 Å². The Kier molecular flexibility index (Phi) is 5.24. The van der Waals surface area contributed by atoms with E-state index in [0.29, 0.717) is 18.4 Å². The number of amides is 1. The maximum Gasteiger partial charge on any atom is 0.248 e. The van der Waals surface area contributed by atoms with Gasteiger partial charge in [-0.2, -0.15) is 15.0 Å². The molecular formula is C10H19N7O2. The fourth-order valence-corrected chi connectivity index (χ4v) is 1.17. The van der Waals surface area contributed by atoms with E-state index < -0.39 is 12.0 Å². The summed E-state index contributed by atoms with van der Waals surface area (Å²) in [5.74, 6) is 0.329. The summed E-state index contributed by atoms with van der Waals surface area (Å²) in [6.07, 6.45) is -1.29. The molecule has 1 rings (SSSR count). The molecule has 0 saturated heterocycles. The first kappa shape index (κ1) is 14.9. The van der Waals surface area contributed by atoms with Gasteiger partial charge in [-0.1, -0.05) is 0 Å². The molecule has 0 radical (unpaired) electrons. The van der Waals surface area contributed by atoms with Crippen LogP contribution in [0, 0.1) is 0 Å². The van der Waals surface area contributed by atoms with E-state index in [0.717, 1.165) is 0 Å². The van der Waals surface area contributed by atoms with Gasteiger partial charge >= 0.3 is 0 Å². The smallest absolute Gasteiger partial charge is 0.248 e. The molecule has 1 aromatic rings. The molecule has 9 nitrogen and oxygen atoms in total. The third kappa shape index (κ3) is 4.54. The second kappa shape index (κ2) is 6.69. The van der Waals surface area contributed by atoms with Crippen molar-refractivity contribution in [1.29, 1.82) is 0 Å². The molecule has 0 aromatic carbocycles. The van der Waals surface area contributed by atoms with Crippen molar-refractivity contribution in [2.45, 2.75) is 13.0 Å². The van der Waals surface area contributed by atoms with Crippen LogP contribution < -0.4 is 21.3 Å². The van der Waals surface area contributed by atoms with Crippen molar-refractivity contribution >= 4 is 23.8 Å². The molecule has 1 unspecified atom stereocenters. The van der Waals surface area contributed by atoms with Crippen LogP contribution in [0.25, 0.3) is 0 Å². The first-order valence-electron chi connectivity index (χ1n) is 5.82. The number of carbonyl (C=O) groups excluding carboxylic acids is 1. The molecular weight excluding hydrogens is 250 g/mol. The molecule has 1 aromatic heterocycles. The third-order valence-corrected chi connectivity index (χ3v) is 2.14. The van der Waals surface area contributed by atoms with E-state index in [1.54, 1.807) is 19.0 Å². The number of primary amides is 1. The van der Waals surface area contributed by atoms with Crippen molar-refractivity contribution in [2.24, 2.45) is 5.73 Å². The number of hydrogen-bond acceptors (Lipinski definition) is 8. The zero-order valence-electron chi connectivity index (χ0n) is 11.2. The Morgan fingerprint density at radius 1 is 1.32 bits per heavy atom. The summed E-state index contributed by atoms with van der Waals surface area (Å²) in [5.41, 5.74) is 4.95. The quantitative estimate of drug-likeness (QED) is 0.477. The topological polar surface area (TPSA) is 129 Å². The molecule has 1 heterocycles. The standard InChI is InChI=1S/C10H19N7O2/c1-4-12-8-14-9(13-5-6(18)7(11)19)16-10(15-8)17(2)3/h6,18H,4-5H2,1-3H3,(H2,11,19)(H2,12,13,14,15,16). The fourth-order valence-electron chi connectivity index (χ4n) is 1.17. The number of rotatable bonds is 7. The van der Waals surface area contributed by atoms with Crippen LogP contribution in [-0.2, 0) is 4.79 Å². The van der Waals surface area contributed by atoms with Crippen molar-refractivity contribution in [3.63, 3.8) is 0 Å². The van der Waals surface area contributed by atoms with Gasteiger partial charge in [0.25, 0.3) is 0 Å². The van der Waals surface area contributed by atoms with Gasteiger partial charge in [-0.25, -0.2) is 0 Å². The molecule has 5 N–H and O–H groups in total. The summed E-state index contributed by atoms with van der Waals surface area (Å²) in [7, 11) is 3.60. The molecule has 0 bridgehead atoms. The third-order valence-electron chi connectivity index (χ3n) is 2.14. The first-order chi connectivity index (χ1) is 8.93. The van der Waals surface area contributed by atoms with Crippen molar-refractivity contribution in [3.8, 4) is 0 Å². The Labute approximate surface area is 111 Å². The minimum atomic E-state index is -1.29. The molecule has 9 heteroatoms. The minimum absolute atomic E-state index is 0.0578. The molecule has 1 amide bonds. The number of nitrogens with zero attached hydrogens (tertiary/aromatic N) is 4. The molecule has 19 heavy (non-hydrogen) atoms. The zero-order chi connectivity index (χ0) is 14.4. The summed E-state index contributed by atoms with van der Waals surface area (Å²) in [4.78, 5) is 24.9. The highest BCUT2D eigenvalue weighted by atomic mass is 16.3. The largest absolute Gasteiger partial charge is 0.381 e. The van der Waals surface area contributed by atoms with E-state index in [4.69, 9.17) is 5.73 Å². The van der Waals surface area contributed by atoms with Crippen LogP contribution in [-0.4, -0.2) is 59.3 Å². The first-order valence-corrected chi connectivity index (χ1v) is 5.82.